The molecule has 0 radical (unpaired) electrons. The molecule has 0 bridgehead atoms. The molecule has 1 aliphatic heterocycles. The van der Waals surface area contributed by atoms with Crippen LogP contribution in [-0.2, 0) is 13.1 Å². The van der Waals surface area contributed by atoms with Crippen molar-refractivity contribution in [3.8, 4) is 22.9 Å². The summed E-state index contributed by atoms with van der Waals surface area (Å²) in [6, 6.07) is 14.7. The average Bonchev–Trinajstić information content (AvgIpc) is 3.43. The molecule has 8 nitrogen and oxygen atoms in total. The van der Waals surface area contributed by atoms with Gasteiger partial charge in [-0.1, -0.05) is 18.2 Å². The summed E-state index contributed by atoms with van der Waals surface area (Å²) in [6.07, 6.45) is 1.88. The lowest BCUT2D eigenvalue weighted by Gasteiger charge is -2.15. The van der Waals surface area contributed by atoms with Gasteiger partial charge in [0.2, 0.25) is 6.79 Å². The van der Waals surface area contributed by atoms with Crippen molar-refractivity contribution in [3.63, 3.8) is 0 Å². The third-order valence-corrected chi connectivity index (χ3v) is 4.54. The van der Waals surface area contributed by atoms with E-state index in [1.165, 1.54) is 6.07 Å². The van der Waals surface area contributed by atoms with E-state index in [4.69, 9.17) is 9.47 Å². The molecule has 2 heterocycles. The molecular formula is C21H21F2N5O3. The lowest BCUT2D eigenvalue weighted by atomic mass is 10.1. The summed E-state index contributed by atoms with van der Waals surface area (Å²) in [6.45, 7) is -2.28. The number of ether oxygens (including phenoxy) is 3. The van der Waals surface area contributed by atoms with Gasteiger partial charge in [-0.25, -0.2) is 4.68 Å². The number of fused-ring (bicyclic) bond motifs is 1. The highest BCUT2D eigenvalue weighted by Crippen LogP contribution is 2.38. The predicted octanol–water partition coefficient (Wildman–Crippen LogP) is 3.07. The van der Waals surface area contributed by atoms with E-state index in [1.807, 2.05) is 42.6 Å². The van der Waals surface area contributed by atoms with Crippen molar-refractivity contribution in [2.75, 3.05) is 13.8 Å². The molecule has 1 aliphatic rings. The van der Waals surface area contributed by atoms with Crippen LogP contribution in [-0.4, -0.2) is 36.2 Å². The van der Waals surface area contributed by atoms with Crippen molar-refractivity contribution in [2.24, 2.45) is 4.99 Å². The molecule has 0 spiro atoms. The smallest absolute Gasteiger partial charge is 0.387 e. The Morgan fingerprint density at radius 2 is 1.87 bits per heavy atom. The number of hydrogen-bond donors (Lipinski definition) is 2. The Hall–Kier alpha value is -3.82. The first kappa shape index (κ1) is 20.5. The SMILES string of the molecule is CN=C(NCc1ccn(-c2ccccc2)n1)NCc1cc2c(cc1OC(F)F)OCO2. The molecule has 31 heavy (non-hydrogen) atoms. The average molecular weight is 429 g/mol. The maximum absolute atomic E-state index is 12.8. The zero-order valence-electron chi connectivity index (χ0n) is 16.7. The van der Waals surface area contributed by atoms with Crippen LogP contribution in [0.15, 0.2) is 59.7 Å². The monoisotopic (exact) mass is 429 g/mol. The molecule has 4 rings (SSSR count). The Kier molecular flexibility index (Phi) is 6.16. The predicted molar refractivity (Wildman–Crippen MR) is 110 cm³/mol. The van der Waals surface area contributed by atoms with Crippen LogP contribution in [0.1, 0.15) is 11.3 Å². The summed E-state index contributed by atoms with van der Waals surface area (Å²) in [4.78, 5) is 4.16. The molecule has 0 unspecified atom stereocenters. The van der Waals surface area contributed by atoms with E-state index in [-0.39, 0.29) is 19.1 Å². The van der Waals surface area contributed by atoms with Crippen molar-refractivity contribution < 1.29 is 23.0 Å². The van der Waals surface area contributed by atoms with Crippen molar-refractivity contribution in [3.05, 3.63) is 66.0 Å². The van der Waals surface area contributed by atoms with Gasteiger partial charge in [0, 0.05) is 31.4 Å². The van der Waals surface area contributed by atoms with Gasteiger partial charge in [-0.05, 0) is 24.3 Å². The maximum Gasteiger partial charge on any atom is 0.387 e. The molecule has 0 fully saturated rings. The summed E-state index contributed by atoms with van der Waals surface area (Å²) in [5.41, 5.74) is 2.27. The Labute approximate surface area is 177 Å². The first-order valence-corrected chi connectivity index (χ1v) is 9.54. The van der Waals surface area contributed by atoms with Crippen LogP contribution in [0.4, 0.5) is 8.78 Å². The number of alkyl halides is 2. The Bertz CT molecular complexity index is 1060. The summed E-state index contributed by atoms with van der Waals surface area (Å²) < 4.78 is 42.6. The van der Waals surface area contributed by atoms with Crippen molar-refractivity contribution >= 4 is 5.96 Å². The summed E-state index contributed by atoms with van der Waals surface area (Å²) in [5, 5.41) is 10.8. The second kappa shape index (κ2) is 9.33. The van der Waals surface area contributed by atoms with Crippen molar-refractivity contribution in [2.45, 2.75) is 19.7 Å². The Morgan fingerprint density at radius 3 is 2.61 bits per heavy atom. The lowest BCUT2D eigenvalue weighted by molar-refractivity contribution is -0.0505. The van der Waals surface area contributed by atoms with E-state index >= 15 is 0 Å². The van der Waals surface area contributed by atoms with E-state index in [0.717, 1.165) is 11.4 Å². The van der Waals surface area contributed by atoms with Gasteiger partial charge in [0.05, 0.1) is 17.9 Å². The van der Waals surface area contributed by atoms with Gasteiger partial charge < -0.3 is 24.8 Å². The molecule has 10 heteroatoms. The highest BCUT2D eigenvalue weighted by Gasteiger charge is 2.20. The Balaban J connectivity index is 1.38. The van der Waals surface area contributed by atoms with Crippen LogP contribution in [0.3, 0.4) is 0 Å². The zero-order valence-corrected chi connectivity index (χ0v) is 16.7. The minimum absolute atomic E-state index is 0.0174. The second-order valence-electron chi connectivity index (χ2n) is 6.56. The van der Waals surface area contributed by atoms with Crippen LogP contribution in [0.5, 0.6) is 17.2 Å². The highest BCUT2D eigenvalue weighted by atomic mass is 19.3. The minimum atomic E-state index is -2.95. The van der Waals surface area contributed by atoms with Crippen LogP contribution >= 0.6 is 0 Å². The van der Waals surface area contributed by atoms with Gasteiger partial charge in [0.15, 0.2) is 17.5 Å². The van der Waals surface area contributed by atoms with Gasteiger partial charge in [-0.15, -0.1) is 0 Å². The summed E-state index contributed by atoms with van der Waals surface area (Å²) >= 11 is 0. The normalized spacial score (nSPS) is 12.8. The summed E-state index contributed by atoms with van der Waals surface area (Å²) in [5.74, 6) is 1.35. The largest absolute Gasteiger partial charge is 0.454 e. The topological polar surface area (TPSA) is 81.9 Å². The molecule has 0 amide bonds. The standard InChI is InChI=1S/C21H21F2N5O3/c1-24-21(26-12-15-7-8-28(27-15)16-5-3-2-4-6-16)25-11-14-9-18-19(30-13-29-18)10-17(14)31-20(22)23/h2-10,20H,11-13H2,1H3,(H2,24,25,26). The first-order chi connectivity index (χ1) is 15.1. The van der Waals surface area contributed by atoms with Crippen LogP contribution in [0.25, 0.3) is 5.69 Å². The third kappa shape index (κ3) is 5.03. The Morgan fingerprint density at radius 1 is 1.13 bits per heavy atom. The molecule has 3 aromatic rings. The number of rotatable bonds is 7. The van der Waals surface area contributed by atoms with E-state index in [0.29, 0.717) is 29.6 Å². The van der Waals surface area contributed by atoms with E-state index in [1.54, 1.807) is 17.8 Å². The molecule has 2 aromatic carbocycles. The van der Waals surface area contributed by atoms with E-state index in [2.05, 4.69) is 25.5 Å². The fraction of sp³-hybridized carbons (Fsp3) is 0.238. The third-order valence-electron chi connectivity index (χ3n) is 4.54. The van der Waals surface area contributed by atoms with Gasteiger partial charge >= 0.3 is 6.61 Å². The number of aromatic nitrogens is 2. The number of aliphatic imine (C=N–C) groups is 1. The number of guanidine groups is 1. The number of nitrogens with zero attached hydrogens (tertiary/aromatic N) is 3. The minimum Gasteiger partial charge on any atom is -0.454 e. The molecule has 0 saturated heterocycles. The fourth-order valence-corrected chi connectivity index (χ4v) is 3.06. The molecule has 0 aliphatic carbocycles. The van der Waals surface area contributed by atoms with E-state index < -0.39 is 6.61 Å². The van der Waals surface area contributed by atoms with Crippen LogP contribution < -0.4 is 24.8 Å². The number of benzene rings is 2. The van der Waals surface area contributed by atoms with Gasteiger partial charge in [-0.3, -0.25) is 4.99 Å². The van der Waals surface area contributed by atoms with Crippen molar-refractivity contribution in [1.82, 2.24) is 20.4 Å². The van der Waals surface area contributed by atoms with Crippen LogP contribution in [0, 0.1) is 0 Å². The van der Waals surface area contributed by atoms with Crippen molar-refractivity contribution in [1.29, 1.82) is 0 Å². The molecule has 1 aromatic heterocycles. The lowest BCUT2D eigenvalue weighted by Crippen LogP contribution is -2.36. The first-order valence-electron chi connectivity index (χ1n) is 9.54. The van der Waals surface area contributed by atoms with Gasteiger partial charge in [0.1, 0.15) is 5.75 Å². The maximum atomic E-state index is 12.8. The molecule has 2 N–H and O–H groups in total. The molecular weight excluding hydrogens is 408 g/mol. The molecule has 0 atom stereocenters. The van der Waals surface area contributed by atoms with Crippen LogP contribution in [0.2, 0.25) is 0 Å². The molecule has 162 valence electrons. The highest BCUT2D eigenvalue weighted by molar-refractivity contribution is 5.79. The zero-order chi connectivity index (χ0) is 21.6. The van der Waals surface area contributed by atoms with Gasteiger partial charge in [0.25, 0.3) is 0 Å². The summed E-state index contributed by atoms with van der Waals surface area (Å²) in [7, 11) is 1.62. The second-order valence-corrected chi connectivity index (χ2v) is 6.56. The fourth-order valence-electron chi connectivity index (χ4n) is 3.06. The van der Waals surface area contributed by atoms with E-state index in [9.17, 15) is 8.78 Å². The molecule has 0 saturated carbocycles. The quantitative estimate of drug-likeness (QED) is 0.444. The number of nitrogens with one attached hydrogen (secondary N) is 2. The number of para-hydroxylation sites is 1. The van der Waals surface area contributed by atoms with Gasteiger partial charge in [-0.2, -0.15) is 13.9 Å². The number of halogens is 2. The number of hydrogen-bond acceptors (Lipinski definition) is 5.